The van der Waals surface area contributed by atoms with Crippen molar-refractivity contribution in [1.82, 2.24) is 0 Å². The van der Waals surface area contributed by atoms with Gasteiger partial charge in [0.25, 0.3) is 0 Å². The van der Waals surface area contributed by atoms with Gasteiger partial charge >= 0.3 is 0 Å². The van der Waals surface area contributed by atoms with Gasteiger partial charge in [0.15, 0.2) is 5.78 Å². The fourth-order valence-corrected chi connectivity index (χ4v) is 2.06. The number of hydrogen-bond donors (Lipinski definition) is 1. The van der Waals surface area contributed by atoms with Gasteiger partial charge in [-0.1, -0.05) is 49.6 Å². The lowest BCUT2D eigenvalue weighted by Gasteiger charge is -2.17. The van der Waals surface area contributed by atoms with Crippen LogP contribution in [0, 0.1) is 19.8 Å². The van der Waals surface area contributed by atoms with Crippen molar-refractivity contribution in [1.29, 1.82) is 0 Å². The Kier molecular flexibility index (Phi) is 4.88. The first-order chi connectivity index (χ1) is 7.93. The first-order valence-electron chi connectivity index (χ1n) is 6.29. The van der Waals surface area contributed by atoms with Gasteiger partial charge in [-0.25, -0.2) is 0 Å². The Morgan fingerprint density at radius 3 is 2.24 bits per heavy atom. The average Bonchev–Trinajstić information content (AvgIpc) is 2.25. The number of carbonyl (C=O) groups excluding carboxylic acids is 1. The predicted molar refractivity (Wildman–Crippen MR) is 72.1 cm³/mol. The van der Waals surface area contributed by atoms with Crippen LogP contribution in [-0.4, -0.2) is 11.8 Å². The molecule has 1 aromatic carbocycles. The Bertz CT molecular complexity index is 378. The van der Waals surface area contributed by atoms with Crippen molar-refractivity contribution in [3.63, 3.8) is 0 Å². The minimum atomic E-state index is -0.333. The first-order valence-corrected chi connectivity index (χ1v) is 6.29. The van der Waals surface area contributed by atoms with Gasteiger partial charge in [0.1, 0.15) is 0 Å². The van der Waals surface area contributed by atoms with Crippen LogP contribution in [0.3, 0.4) is 0 Å². The van der Waals surface area contributed by atoms with Crippen LogP contribution in [0.2, 0.25) is 0 Å². The highest BCUT2D eigenvalue weighted by atomic mass is 16.1. The molecule has 0 saturated heterocycles. The molecule has 0 spiro atoms. The molecule has 0 aromatic heterocycles. The van der Waals surface area contributed by atoms with Crippen LogP contribution in [0.5, 0.6) is 0 Å². The van der Waals surface area contributed by atoms with E-state index in [1.807, 2.05) is 6.92 Å². The minimum absolute atomic E-state index is 0.143. The zero-order valence-corrected chi connectivity index (χ0v) is 11.3. The van der Waals surface area contributed by atoms with E-state index in [1.165, 1.54) is 11.1 Å². The van der Waals surface area contributed by atoms with Crippen molar-refractivity contribution in [2.24, 2.45) is 11.7 Å². The third-order valence-electron chi connectivity index (χ3n) is 3.29. The third-order valence-corrected chi connectivity index (χ3v) is 3.29. The summed E-state index contributed by atoms with van der Waals surface area (Å²) in [5, 5.41) is 0. The number of benzene rings is 1. The van der Waals surface area contributed by atoms with Crippen LogP contribution < -0.4 is 5.73 Å². The summed E-state index contributed by atoms with van der Waals surface area (Å²) < 4.78 is 0. The molecule has 2 nitrogen and oxygen atoms in total. The van der Waals surface area contributed by atoms with Crippen molar-refractivity contribution in [2.45, 2.75) is 46.6 Å². The van der Waals surface area contributed by atoms with Gasteiger partial charge in [-0.2, -0.15) is 0 Å². The topological polar surface area (TPSA) is 43.1 Å². The number of rotatable bonds is 5. The molecule has 94 valence electrons. The molecular formula is C15H23NO. The van der Waals surface area contributed by atoms with E-state index in [0.29, 0.717) is 6.42 Å². The number of ketones is 1. The Balaban J connectivity index is 2.74. The highest BCUT2D eigenvalue weighted by Gasteiger charge is 2.19. The monoisotopic (exact) mass is 233 g/mol. The van der Waals surface area contributed by atoms with Crippen LogP contribution in [0.1, 0.15) is 37.0 Å². The first kappa shape index (κ1) is 13.9. The van der Waals surface area contributed by atoms with Gasteiger partial charge < -0.3 is 5.73 Å². The molecule has 0 radical (unpaired) electrons. The van der Waals surface area contributed by atoms with Crippen molar-refractivity contribution in [3.05, 3.63) is 34.9 Å². The van der Waals surface area contributed by atoms with E-state index < -0.39 is 0 Å². The van der Waals surface area contributed by atoms with Gasteiger partial charge in [-0.3, -0.25) is 4.79 Å². The van der Waals surface area contributed by atoms with E-state index in [9.17, 15) is 4.79 Å². The van der Waals surface area contributed by atoms with Crippen LogP contribution >= 0.6 is 0 Å². The van der Waals surface area contributed by atoms with E-state index in [-0.39, 0.29) is 17.7 Å². The van der Waals surface area contributed by atoms with Crippen molar-refractivity contribution in [2.75, 3.05) is 0 Å². The van der Waals surface area contributed by atoms with E-state index >= 15 is 0 Å². The summed E-state index contributed by atoms with van der Waals surface area (Å²) in [7, 11) is 0. The lowest BCUT2D eigenvalue weighted by atomic mass is 9.92. The molecular weight excluding hydrogens is 210 g/mol. The second kappa shape index (κ2) is 5.97. The molecule has 0 fully saturated rings. The largest absolute Gasteiger partial charge is 0.321 e. The lowest BCUT2D eigenvalue weighted by Crippen LogP contribution is -2.37. The third kappa shape index (κ3) is 3.97. The maximum atomic E-state index is 12.0. The number of aryl methyl sites for hydroxylation is 2. The highest BCUT2D eigenvalue weighted by molar-refractivity contribution is 5.86. The standard InChI is InChI=1S/C15H23NO/c1-5-12(4)15(16)14(17)9-13-7-10(2)6-11(3)8-13/h6-8,12,15H,5,9,16H2,1-4H3. The highest BCUT2D eigenvalue weighted by Crippen LogP contribution is 2.13. The van der Waals surface area contributed by atoms with Gasteiger partial charge in [-0.15, -0.1) is 0 Å². The van der Waals surface area contributed by atoms with E-state index in [1.54, 1.807) is 0 Å². The summed E-state index contributed by atoms with van der Waals surface area (Å²) in [5.74, 6) is 0.401. The Hall–Kier alpha value is -1.15. The van der Waals surface area contributed by atoms with E-state index in [2.05, 4.69) is 39.0 Å². The second-order valence-corrected chi connectivity index (χ2v) is 5.05. The summed E-state index contributed by atoms with van der Waals surface area (Å²) in [6.45, 7) is 8.20. The summed E-state index contributed by atoms with van der Waals surface area (Å²) in [5.41, 5.74) is 9.42. The number of carbonyl (C=O) groups is 1. The van der Waals surface area contributed by atoms with Crippen LogP contribution in [0.4, 0.5) is 0 Å². The quantitative estimate of drug-likeness (QED) is 0.849. The van der Waals surface area contributed by atoms with Crippen molar-refractivity contribution >= 4 is 5.78 Å². The fourth-order valence-electron chi connectivity index (χ4n) is 2.06. The van der Waals surface area contributed by atoms with Crippen LogP contribution in [-0.2, 0) is 11.2 Å². The molecule has 2 atom stereocenters. The Morgan fingerprint density at radius 2 is 1.76 bits per heavy atom. The zero-order valence-electron chi connectivity index (χ0n) is 11.3. The normalized spacial score (nSPS) is 14.4. The molecule has 2 heteroatoms. The number of Topliss-reactive ketones (excluding diaryl/α,β-unsaturated/α-hetero) is 1. The summed E-state index contributed by atoms with van der Waals surface area (Å²) in [6.07, 6.45) is 1.40. The molecule has 0 saturated carbocycles. The number of hydrogen-bond acceptors (Lipinski definition) is 2. The summed E-state index contributed by atoms with van der Waals surface area (Å²) >= 11 is 0. The van der Waals surface area contributed by atoms with E-state index in [0.717, 1.165) is 12.0 Å². The molecule has 0 aliphatic heterocycles. The second-order valence-electron chi connectivity index (χ2n) is 5.05. The predicted octanol–water partition coefficient (Wildman–Crippen LogP) is 2.79. The molecule has 0 amide bonds. The molecule has 1 rings (SSSR count). The zero-order chi connectivity index (χ0) is 13.0. The van der Waals surface area contributed by atoms with Gasteiger partial charge in [0.05, 0.1) is 6.04 Å². The maximum absolute atomic E-state index is 12.0. The fraction of sp³-hybridized carbons (Fsp3) is 0.533. The Labute approximate surface area is 104 Å². The molecule has 1 aromatic rings. The van der Waals surface area contributed by atoms with Gasteiger partial charge in [0, 0.05) is 6.42 Å². The number of nitrogens with two attached hydrogens (primary N) is 1. The molecule has 0 aliphatic rings. The average molecular weight is 233 g/mol. The molecule has 0 aliphatic carbocycles. The van der Waals surface area contributed by atoms with E-state index in [4.69, 9.17) is 5.73 Å². The van der Waals surface area contributed by atoms with Crippen LogP contribution in [0.15, 0.2) is 18.2 Å². The minimum Gasteiger partial charge on any atom is -0.321 e. The van der Waals surface area contributed by atoms with Gasteiger partial charge in [0.2, 0.25) is 0 Å². The van der Waals surface area contributed by atoms with Crippen molar-refractivity contribution < 1.29 is 4.79 Å². The molecule has 0 heterocycles. The molecule has 0 bridgehead atoms. The van der Waals surface area contributed by atoms with Gasteiger partial charge in [-0.05, 0) is 25.3 Å². The van der Waals surface area contributed by atoms with Crippen LogP contribution in [0.25, 0.3) is 0 Å². The summed E-state index contributed by atoms with van der Waals surface area (Å²) in [4.78, 5) is 12.0. The molecule has 2 unspecified atom stereocenters. The SMILES string of the molecule is CCC(C)C(N)C(=O)Cc1cc(C)cc(C)c1. The summed E-state index contributed by atoms with van der Waals surface area (Å²) in [6, 6.07) is 5.91. The van der Waals surface area contributed by atoms with Crippen molar-refractivity contribution in [3.8, 4) is 0 Å². The smallest absolute Gasteiger partial charge is 0.154 e. The Morgan fingerprint density at radius 1 is 1.24 bits per heavy atom. The maximum Gasteiger partial charge on any atom is 0.154 e. The molecule has 17 heavy (non-hydrogen) atoms. The lowest BCUT2D eigenvalue weighted by molar-refractivity contribution is -0.120. The molecule has 2 N–H and O–H groups in total.